The fourth-order valence-corrected chi connectivity index (χ4v) is 7.32. The van der Waals surface area contributed by atoms with Gasteiger partial charge in [0.25, 0.3) is 0 Å². The first-order valence-electron chi connectivity index (χ1n) is 17.4. The summed E-state index contributed by atoms with van der Waals surface area (Å²) in [6, 6.07) is 56.3. The molecule has 1 aliphatic heterocycles. The number of aliphatic imine (C=N–C) groups is 2. The molecule has 0 N–H and O–H groups in total. The molecule has 0 saturated heterocycles. The van der Waals surface area contributed by atoms with Crippen LogP contribution in [0.3, 0.4) is 0 Å². The minimum atomic E-state index is 0.587. The van der Waals surface area contributed by atoms with E-state index in [1.807, 2.05) is 54.6 Å². The SMILES string of the molecule is CC1=C=C(c2ccccc2-c2ccc(-c3ccccc3)cc2)N=C(c2ccc3oc4ccccc4c3c2)N=C1c1cccc2c1oc1ccccc12. The van der Waals surface area contributed by atoms with Crippen LogP contribution in [0.1, 0.15) is 23.6 Å². The molecule has 0 spiro atoms. The van der Waals surface area contributed by atoms with Gasteiger partial charge in [0.2, 0.25) is 0 Å². The Bertz CT molecular complexity index is 2990. The van der Waals surface area contributed by atoms with E-state index in [2.05, 4.69) is 122 Å². The van der Waals surface area contributed by atoms with Crippen molar-refractivity contribution in [1.82, 2.24) is 0 Å². The van der Waals surface area contributed by atoms with Crippen molar-refractivity contribution in [3.05, 3.63) is 192 Å². The molecule has 52 heavy (non-hydrogen) atoms. The normalized spacial score (nSPS) is 13.2. The molecule has 0 atom stereocenters. The zero-order chi connectivity index (χ0) is 34.6. The summed E-state index contributed by atoms with van der Waals surface area (Å²) in [7, 11) is 0. The predicted molar refractivity (Wildman–Crippen MR) is 214 cm³/mol. The molecule has 0 radical (unpaired) electrons. The van der Waals surface area contributed by atoms with Gasteiger partial charge >= 0.3 is 0 Å². The first-order valence-corrected chi connectivity index (χ1v) is 17.4. The van der Waals surface area contributed by atoms with E-state index in [0.29, 0.717) is 11.5 Å². The molecule has 0 amide bonds. The van der Waals surface area contributed by atoms with Gasteiger partial charge in [-0.15, -0.1) is 0 Å². The van der Waals surface area contributed by atoms with E-state index in [4.69, 9.17) is 18.8 Å². The molecule has 0 aliphatic carbocycles. The maximum atomic E-state index is 6.51. The molecule has 244 valence electrons. The van der Waals surface area contributed by atoms with E-state index in [-0.39, 0.29) is 0 Å². The Labute approximate surface area is 300 Å². The molecule has 9 aromatic rings. The van der Waals surface area contributed by atoms with Crippen LogP contribution in [0.15, 0.2) is 194 Å². The van der Waals surface area contributed by atoms with Crippen LogP contribution in [-0.4, -0.2) is 11.5 Å². The Morgan fingerprint density at radius 3 is 1.81 bits per heavy atom. The van der Waals surface area contributed by atoms with E-state index in [1.165, 1.54) is 11.1 Å². The number of para-hydroxylation sites is 3. The molecular weight excluding hydrogens is 637 g/mol. The van der Waals surface area contributed by atoms with Gasteiger partial charge in [-0.25, -0.2) is 9.98 Å². The fraction of sp³-hybridized carbons (Fsp3) is 0.0208. The Balaban J connectivity index is 1.18. The van der Waals surface area contributed by atoms with Gasteiger partial charge in [0.05, 0.1) is 5.71 Å². The average Bonchev–Trinajstić information content (AvgIpc) is 3.72. The van der Waals surface area contributed by atoms with Gasteiger partial charge < -0.3 is 8.83 Å². The third-order valence-electron chi connectivity index (χ3n) is 9.88. The summed E-state index contributed by atoms with van der Waals surface area (Å²) >= 11 is 0. The van der Waals surface area contributed by atoms with Gasteiger partial charge in [-0.3, -0.25) is 0 Å². The van der Waals surface area contributed by atoms with Gasteiger partial charge in [-0.2, -0.15) is 0 Å². The summed E-state index contributed by atoms with van der Waals surface area (Å²) in [5.41, 5.74) is 16.6. The monoisotopic (exact) mass is 666 g/mol. The maximum absolute atomic E-state index is 6.51. The quantitative estimate of drug-likeness (QED) is 0.172. The fourth-order valence-electron chi connectivity index (χ4n) is 7.32. The highest BCUT2D eigenvalue weighted by molar-refractivity contribution is 6.26. The number of furan rings is 2. The second-order valence-corrected chi connectivity index (χ2v) is 13.1. The summed E-state index contributed by atoms with van der Waals surface area (Å²) in [5.74, 6) is 0.587. The minimum Gasteiger partial charge on any atom is -0.456 e. The van der Waals surface area contributed by atoms with Crippen molar-refractivity contribution >= 4 is 61.1 Å². The van der Waals surface area contributed by atoms with Crippen LogP contribution in [0.5, 0.6) is 0 Å². The Hall–Kier alpha value is -7.00. The van der Waals surface area contributed by atoms with Gasteiger partial charge in [-0.1, -0.05) is 133 Å². The predicted octanol–water partition coefficient (Wildman–Crippen LogP) is 12.7. The van der Waals surface area contributed by atoms with Crippen molar-refractivity contribution in [3.8, 4) is 22.3 Å². The number of hydrogen-bond donors (Lipinski definition) is 0. The molecule has 7 aromatic carbocycles. The molecule has 10 rings (SSSR count). The third-order valence-corrected chi connectivity index (χ3v) is 9.88. The van der Waals surface area contributed by atoms with Crippen molar-refractivity contribution in [1.29, 1.82) is 0 Å². The van der Waals surface area contributed by atoms with Gasteiger partial charge in [-0.05, 0) is 65.6 Å². The first-order chi connectivity index (χ1) is 25.7. The van der Waals surface area contributed by atoms with E-state index >= 15 is 0 Å². The van der Waals surface area contributed by atoms with Crippen LogP contribution in [0, 0.1) is 0 Å². The molecule has 2 aromatic heterocycles. The zero-order valence-corrected chi connectivity index (χ0v) is 28.3. The molecular formula is C48H30N2O2. The van der Waals surface area contributed by atoms with E-state index in [0.717, 1.165) is 83.0 Å². The Kier molecular flexibility index (Phi) is 6.95. The summed E-state index contributed by atoms with van der Waals surface area (Å²) < 4.78 is 12.7. The van der Waals surface area contributed by atoms with E-state index < -0.39 is 0 Å². The van der Waals surface area contributed by atoms with Crippen LogP contribution < -0.4 is 0 Å². The van der Waals surface area contributed by atoms with Gasteiger partial charge in [0.15, 0.2) is 5.84 Å². The first kappa shape index (κ1) is 29.9. The number of amidine groups is 1. The molecule has 4 heteroatoms. The lowest BCUT2D eigenvalue weighted by atomic mass is 9.95. The molecule has 0 saturated carbocycles. The van der Waals surface area contributed by atoms with Crippen molar-refractivity contribution in [2.75, 3.05) is 0 Å². The van der Waals surface area contributed by atoms with Gasteiger partial charge in [0, 0.05) is 43.8 Å². The number of hydrogen-bond acceptors (Lipinski definition) is 4. The Morgan fingerprint density at radius 2 is 1.00 bits per heavy atom. The largest absolute Gasteiger partial charge is 0.456 e. The molecule has 4 nitrogen and oxygen atoms in total. The Morgan fingerprint density at radius 1 is 0.423 bits per heavy atom. The summed E-state index contributed by atoms with van der Waals surface area (Å²) in [4.78, 5) is 10.7. The smallest absolute Gasteiger partial charge is 0.161 e. The molecule has 0 bridgehead atoms. The highest BCUT2D eigenvalue weighted by atomic mass is 16.3. The van der Waals surface area contributed by atoms with E-state index in [1.54, 1.807) is 0 Å². The van der Waals surface area contributed by atoms with E-state index in [9.17, 15) is 0 Å². The lowest BCUT2D eigenvalue weighted by Gasteiger charge is -2.11. The summed E-state index contributed by atoms with van der Waals surface area (Å²) in [5, 5.41) is 4.19. The number of rotatable bonds is 5. The molecule has 3 heterocycles. The zero-order valence-electron chi connectivity index (χ0n) is 28.3. The molecule has 1 aliphatic rings. The van der Waals surface area contributed by atoms with Crippen LogP contribution in [0.2, 0.25) is 0 Å². The van der Waals surface area contributed by atoms with Gasteiger partial charge in [0.1, 0.15) is 28.0 Å². The lowest BCUT2D eigenvalue weighted by molar-refractivity contribution is 0.668. The second-order valence-electron chi connectivity index (χ2n) is 13.1. The number of benzene rings is 7. The number of allylic oxidation sites excluding steroid dienone is 1. The molecule has 0 unspecified atom stereocenters. The summed E-state index contributed by atoms with van der Waals surface area (Å²) in [6.45, 7) is 2.06. The van der Waals surface area contributed by atoms with Crippen LogP contribution in [0.25, 0.3) is 71.8 Å². The average molecular weight is 667 g/mol. The topological polar surface area (TPSA) is 51.0 Å². The van der Waals surface area contributed by atoms with Crippen LogP contribution in [0.4, 0.5) is 0 Å². The number of fused-ring (bicyclic) bond motifs is 6. The minimum absolute atomic E-state index is 0.587. The van der Waals surface area contributed by atoms with Crippen molar-refractivity contribution < 1.29 is 8.83 Å². The summed E-state index contributed by atoms with van der Waals surface area (Å²) in [6.07, 6.45) is 0. The molecule has 0 fully saturated rings. The standard InChI is InChI=1S/C48H30N2O2/c1-30-28-42(36-15-6-5-14-35(36)33-24-22-32(23-25-33)31-12-3-2-4-13-31)49-48(34-26-27-45-41(29-34)38-17-8-9-20-43(38)51-45)50-46(30)40-19-11-18-39-37-16-7-10-21-44(37)52-47(39)40/h2-27,29H,1H3. The second kappa shape index (κ2) is 12.1. The van der Waals surface area contributed by atoms with Crippen molar-refractivity contribution in [3.63, 3.8) is 0 Å². The number of nitrogens with zero attached hydrogens (tertiary/aromatic N) is 2. The third kappa shape index (κ3) is 5.01. The van der Waals surface area contributed by atoms with Crippen molar-refractivity contribution in [2.24, 2.45) is 9.98 Å². The highest BCUT2D eigenvalue weighted by Crippen LogP contribution is 2.36. The van der Waals surface area contributed by atoms with Crippen LogP contribution >= 0.6 is 0 Å². The maximum Gasteiger partial charge on any atom is 0.161 e. The highest BCUT2D eigenvalue weighted by Gasteiger charge is 2.21. The van der Waals surface area contributed by atoms with Crippen molar-refractivity contribution in [2.45, 2.75) is 6.92 Å². The lowest BCUT2D eigenvalue weighted by Crippen LogP contribution is -2.07. The van der Waals surface area contributed by atoms with Crippen LogP contribution in [-0.2, 0) is 0 Å².